The molecule has 3 aromatic carbocycles. The van der Waals surface area contributed by atoms with Crippen LogP contribution < -0.4 is 0 Å². The molecule has 0 aliphatic heterocycles. The van der Waals surface area contributed by atoms with Crippen LogP contribution in [0.1, 0.15) is 118 Å². The van der Waals surface area contributed by atoms with Gasteiger partial charge in [-0.25, -0.2) is 8.42 Å². The molecular formula is C49H59NO5S2. The number of aliphatic hydroxyl groups is 2. The summed E-state index contributed by atoms with van der Waals surface area (Å²) in [7, 11) is -3.88. The molecule has 1 heterocycles. The summed E-state index contributed by atoms with van der Waals surface area (Å²) in [6.45, 7) is 9.38. The molecule has 4 bridgehead atoms. The Kier molecular flexibility index (Phi) is 11.1. The van der Waals surface area contributed by atoms with Gasteiger partial charge in [0, 0.05) is 29.6 Å². The smallest absolute Gasteiger partial charge is 0.252 e. The lowest BCUT2D eigenvalue weighted by atomic mass is 9.45. The Balaban J connectivity index is 1.19. The minimum Gasteiger partial charge on any atom is -0.393 e. The Hall–Kier alpha value is -3.40. The number of carbonyl (C=O) groups excluding carboxylic acids is 1. The number of thiophene rings is 1. The molecule has 10 rings (SSSR count). The van der Waals surface area contributed by atoms with Crippen LogP contribution in [0.5, 0.6) is 0 Å². The second-order valence-electron chi connectivity index (χ2n) is 18.6. The summed E-state index contributed by atoms with van der Waals surface area (Å²) in [5.41, 5.74) is 4.41. The Morgan fingerprint density at radius 1 is 0.895 bits per heavy atom. The van der Waals surface area contributed by atoms with Crippen LogP contribution in [0.4, 0.5) is 0 Å². The van der Waals surface area contributed by atoms with E-state index in [-0.39, 0.29) is 29.6 Å². The second kappa shape index (κ2) is 15.6. The van der Waals surface area contributed by atoms with Gasteiger partial charge in [0.05, 0.1) is 11.7 Å². The van der Waals surface area contributed by atoms with E-state index < -0.39 is 27.1 Å². The summed E-state index contributed by atoms with van der Waals surface area (Å²) in [5, 5.41) is 26.2. The number of allylic oxidation sites excluding steroid dienone is 2. The third-order valence-corrected chi connectivity index (χ3v) is 18.3. The average Bonchev–Trinajstić information content (AvgIpc) is 3.84. The predicted molar refractivity (Wildman–Crippen MR) is 230 cm³/mol. The van der Waals surface area contributed by atoms with Crippen LogP contribution in [0.25, 0.3) is 11.1 Å². The van der Waals surface area contributed by atoms with Crippen molar-refractivity contribution in [3.05, 3.63) is 124 Å². The van der Waals surface area contributed by atoms with Gasteiger partial charge < -0.3 is 10.2 Å². The highest BCUT2D eigenvalue weighted by Crippen LogP contribution is 2.62. The fraction of sp³-hybridized carbons (Fsp3) is 0.490. The van der Waals surface area contributed by atoms with Crippen LogP contribution in [0.2, 0.25) is 0 Å². The van der Waals surface area contributed by atoms with Crippen LogP contribution >= 0.6 is 11.3 Å². The van der Waals surface area contributed by atoms with Crippen LogP contribution in [-0.4, -0.2) is 53.5 Å². The van der Waals surface area contributed by atoms with Gasteiger partial charge in [-0.1, -0.05) is 105 Å². The zero-order chi connectivity index (χ0) is 40.2. The lowest BCUT2D eigenvalue weighted by molar-refractivity contribution is -0.114. The minimum atomic E-state index is -3.88. The SMILES string of the molecule is CC1=CCC[C@@]2(C)[C@@H](CC[C@@]2(O)CN(C[C@@H]2CC[C@H]3C[C@@H]2C3(C)C)S(=O)(=O)c2cccs2)c2ccc(cc2C(=O)c2ccc(-c3ccccc3)cc2)C[C@@H](O)CC1. The predicted octanol–water partition coefficient (Wildman–Crippen LogP) is 10.4. The van der Waals surface area contributed by atoms with E-state index >= 15 is 0 Å². The molecule has 2 N–H and O–H groups in total. The minimum absolute atomic E-state index is 0.0184. The highest BCUT2D eigenvalue weighted by Gasteiger charge is 2.59. The fourth-order valence-corrected chi connectivity index (χ4v) is 14.0. The molecule has 302 valence electrons. The molecule has 6 aliphatic carbocycles. The molecule has 0 radical (unpaired) electrons. The van der Waals surface area contributed by atoms with Crippen molar-refractivity contribution < 1.29 is 23.4 Å². The number of benzene rings is 3. The van der Waals surface area contributed by atoms with Crippen LogP contribution in [0.3, 0.4) is 0 Å². The van der Waals surface area contributed by atoms with Crippen molar-refractivity contribution in [2.45, 2.75) is 114 Å². The molecule has 0 amide bonds. The van der Waals surface area contributed by atoms with Gasteiger partial charge in [-0.05, 0) is 140 Å². The van der Waals surface area contributed by atoms with Crippen LogP contribution in [-0.2, 0) is 16.4 Å². The molecule has 4 fully saturated rings. The second-order valence-corrected chi connectivity index (χ2v) is 21.8. The quantitative estimate of drug-likeness (QED) is 0.130. The number of rotatable bonds is 9. The Morgan fingerprint density at radius 2 is 1.65 bits per heavy atom. The standard InChI is InChI=1S/C49H59NO5S2/c1-33-10-8-25-48(4)43(24-26-49(48,53)32-50(57(54,55)45-13-9-27-56-45)31-38-20-21-39-30-44(38)47(39,2)3)41-23-15-34(28-40(51)22-14-33)29-42(41)46(52)37-18-16-36(17-19-37)35-11-6-5-7-12-35/h5-7,9-13,15-19,23,27,29,38-40,43-44,51,53H,8,14,20-22,24-26,28,30-32H2,1-4H3/t38-,39-,40-,43-,44-,48-,49+/m0/s1. The van der Waals surface area contributed by atoms with Gasteiger partial charge in [-0.2, -0.15) is 4.31 Å². The summed E-state index contributed by atoms with van der Waals surface area (Å²) in [4.78, 5) is 14.7. The zero-order valence-electron chi connectivity index (χ0n) is 34.0. The number of ketones is 1. The van der Waals surface area contributed by atoms with Crippen LogP contribution in [0.15, 0.2) is 106 Å². The molecule has 0 saturated heterocycles. The van der Waals surface area contributed by atoms with Crippen molar-refractivity contribution in [3.63, 3.8) is 0 Å². The summed E-state index contributed by atoms with van der Waals surface area (Å²) in [5.74, 6) is 1.13. The molecule has 7 atom stereocenters. The zero-order valence-corrected chi connectivity index (χ0v) is 35.6. The van der Waals surface area contributed by atoms with E-state index in [0.717, 1.165) is 47.9 Å². The largest absolute Gasteiger partial charge is 0.393 e. The maximum atomic E-state index is 14.7. The first kappa shape index (κ1) is 40.4. The summed E-state index contributed by atoms with van der Waals surface area (Å²) in [6.07, 6.45) is 9.19. The molecule has 6 nitrogen and oxygen atoms in total. The first-order valence-corrected chi connectivity index (χ1v) is 23.4. The molecule has 4 saturated carbocycles. The summed E-state index contributed by atoms with van der Waals surface area (Å²) >= 11 is 1.24. The number of nitrogens with zero attached hydrogens (tertiary/aromatic N) is 1. The number of sulfonamides is 1. The van der Waals surface area contributed by atoms with Gasteiger partial charge in [0.15, 0.2) is 5.78 Å². The van der Waals surface area contributed by atoms with Crippen molar-refractivity contribution >= 4 is 27.1 Å². The highest BCUT2D eigenvalue weighted by molar-refractivity contribution is 7.91. The molecule has 6 aliphatic rings. The number of hydrogen-bond donors (Lipinski definition) is 2. The molecule has 0 spiro atoms. The first-order chi connectivity index (χ1) is 27.2. The lowest BCUT2D eigenvalue weighted by Crippen LogP contribution is -2.58. The first-order valence-electron chi connectivity index (χ1n) is 21.1. The van der Waals surface area contributed by atoms with Crippen LogP contribution in [0, 0.1) is 28.6 Å². The van der Waals surface area contributed by atoms with E-state index in [4.69, 9.17) is 0 Å². The van der Waals surface area contributed by atoms with E-state index in [1.807, 2.05) is 60.0 Å². The van der Waals surface area contributed by atoms with E-state index in [0.29, 0.717) is 72.2 Å². The number of carbonyl (C=O) groups is 1. The Bertz CT molecular complexity index is 2210. The number of fused-ring (bicyclic) bond motifs is 10. The molecule has 4 aromatic rings. The van der Waals surface area contributed by atoms with Crippen molar-refractivity contribution in [1.29, 1.82) is 0 Å². The van der Waals surface area contributed by atoms with Crippen molar-refractivity contribution in [1.82, 2.24) is 4.31 Å². The molecule has 1 aromatic heterocycles. The van der Waals surface area contributed by atoms with E-state index in [1.165, 1.54) is 16.9 Å². The number of hydrogen-bond acceptors (Lipinski definition) is 6. The van der Waals surface area contributed by atoms with Gasteiger partial charge >= 0.3 is 0 Å². The maximum absolute atomic E-state index is 14.7. The van der Waals surface area contributed by atoms with Gasteiger partial charge in [0.2, 0.25) is 0 Å². The summed E-state index contributed by atoms with van der Waals surface area (Å²) < 4.78 is 31.3. The molecule has 57 heavy (non-hydrogen) atoms. The lowest BCUT2D eigenvalue weighted by Gasteiger charge is -2.60. The molecule has 8 heteroatoms. The maximum Gasteiger partial charge on any atom is 0.252 e. The topological polar surface area (TPSA) is 94.9 Å². The van der Waals surface area contributed by atoms with Crippen molar-refractivity contribution in [2.24, 2.45) is 28.6 Å². The Morgan fingerprint density at radius 3 is 2.35 bits per heavy atom. The third-order valence-electron chi connectivity index (χ3n) is 15.1. The van der Waals surface area contributed by atoms with E-state index in [1.54, 1.807) is 16.4 Å². The summed E-state index contributed by atoms with van der Waals surface area (Å²) in [6, 6.07) is 27.5. The van der Waals surface area contributed by atoms with Crippen molar-refractivity contribution in [2.75, 3.05) is 13.1 Å². The van der Waals surface area contributed by atoms with Crippen molar-refractivity contribution in [3.8, 4) is 11.1 Å². The monoisotopic (exact) mass is 805 g/mol. The van der Waals surface area contributed by atoms with Gasteiger partial charge in [0.1, 0.15) is 4.21 Å². The van der Waals surface area contributed by atoms with Gasteiger partial charge in [-0.15, -0.1) is 11.3 Å². The van der Waals surface area contributed by atoms with Gasteiger partial charge in [-0.3, -0.25) is 4.79 Å². The third kappa shape index (κ3) is 7.55. The highest BCUT2D eigenvalue weighted by atomic mass is 32.2. The van der Waals surface area contributed by atoms with Gasteiger partial charge in [0.25, 0.3) is 10.0 Å². The van der Waals surface area contributed by atoms with E-state index in [9.17, 15) is 23.4 Å². The fourth-order valence-electron chi connectivity index (χ4n) is 11.3. The molecular weight excluding hydrogens is 747 g/mol. The molecule has 0 unspecified atom stereocenters. The normalized spacial score (nSPS) is 29.9. The van der Waals surface area contributed by atoms with E-state index in [2.05, 4.69) is 52.0 Å². The number of aliphatic hydroxyl groups excluding tert-OH is 1. The average molecular weight is 806 g/mol. The Labute approximate surface area is 344 Å².